The molecule has 0 unspecified atom stereocenters. The van der Waals surface area contributed by atoms with Crippen LogP contribution in [0.4, 0.5) is 0 Å². The van der Waals surface area contributed by atoms with E-state index in [2.05, 4.69) is 29.1 Å². The molecule has 2 atom stereocenters. The maximum atomic E-state index is 11.9. The normalized spacial score (nSPS) is 27.7. The highest BCUT2D eigenvalue weighted by molar-refractivity contribution is 7.09. The summed E-state index contributed by atoms with van der Waals surface area (Å²) in [5.74, 6) is -0.398. The van der Waals surface area contributed by atoms with Gasteiger partial charge in [0.2, 0.25) is 5.91 Å². The molecule has 6 nitrogen and oxygen atoms in total. The van der Waals surface area contributed by atoms with Crippen molar-refractivity contribution in [1.29, 1.82) is 0 Å². The van der Waals surface area contributed by atoms with Crippen molar-refractivity contribution < 1.29 is 14.7 Å². The van der Waals surface area contributed by atoms with Crippen LogP contribution < -0.4 is 0 Å². The molecule has 1 aromatic heterocycles. The summed E-state index contributed by atoms with van der Waals surface area (Å²) in [6.45, 7) is 8.53. The van der Waals surface area contributed by atoms with Crippen LogP contribution in [0.1, 0.15) is 37.4 Å². The van der Waals surface area contributed by atoms with Gasteiger partial charge < -0.3 is 10.0 Å². The summed E-state index contributed by atoms with van der Waals surface area (Å²) in [5.41, 5.74) is 0.282. The third-order valence-electron chi connectivity index (χ3n) is 5.07. The van der Waals surface area contributed by atoms with E-state index in [1.807, 2.05) is 0 Å². The predicted octanol–water partition coefficient (Wildman–Crippen LogP) is 1.63. The van der Waals surface area contributed by atoms with E-state index in [0.29, 0.717) is 38.6 Å². The van der Waals surface area contributed by atoms with E-state index in [9.17, 15) is 14.7 Å². The first kappa shape index (κ1) is 16.4. The van der Waals surface area contributed by atoms with Crippen LogP contribution in [0.2, 0.25) is 0 Å². The lowest BCUT2D eigenvalue weighted by atomic mass is 9.81. The van der Waals surface area contributed by atoms with Crippen LogP contribution in [0.25, 0.3) is 0 Å². The minimum Gasteiger partial charge on any atom is -0.481 e. The highest BCUT2D eigenvalue weighted by Gasteiger charge is 2.58. The standard InChI is InChI=1S/C16H23N3O3S/c1-10(2)13-7-23-14(17-13)6-18-4-12-5-19(11(3)20)9-16(12,8-18)15(21)22/h7,10,12H,4-6,8-9H2,1-3H3,(H,21,22)/t12-,16-/m1/s1. The van der Waals surface area contributed by atoms with Crippen LogP contribution in [0.15, 0.2) is 5.38 Å². The zero-order valence-corrected chi connectivity index (χ0v) is 14.6. The molecule has 2 aliphatic rings. The molecule has 23 heavy (non-hydrogen) atoms. The van der Waals surface area contributed by atoms with Gasteiger partial charge in [0.15, 0.2) is 0 Å². The van der Waals surface area contributed by atoms with Gasteiger partial charge in [0.05, 0.1) is 12.2 Å². The van der Waals surface area contributed by atoms with Crippen LogP contribution >= 0.6 is 11.3 Å². The largest absolute Gasteiger partial charge is 0.481 e. The molecule has 2 fully saturated rings. The van der Waals surface area contributed by atoms with Gasteiger partial charge in [-0.3, -0.25) is 14.5 Å². The molecule has 1 amide bonds. The summed E-state index contributed by atoms with van der Waals surface area (Å²) in [6, 6.07) is 0. The number of nitrogens with zero attached hydrogens (tertiary/aromatic N) is 3. The van der Waals surface area contributed by atoms with E-state index in [4.69, 9.17) is 0 Å². The van der Waals surface area contributed by atoms with Gasteiger partial charge in [-0.2, -0.15) is 0 Å². The number of carbonyl (C=O) groups excluding carboxylic acids is 1. The van der Waals surface area contributed by atoms with Gasteiger partial charge in [-0.15, -0.1) is 11.3 Å². The molecular formula is C16H23N3O3S. The number of hydrogen-bond acceptors (Lipinski definition) is 5. The van der Waals surface area contributed by atoms with E-state index in [1.165, 1.54) is 6.92 Å². The summed E-state index contributed by atoms with van der Waals surface area (Å²) in [5, 5.41) is 12.9. The number of carboxylic acids is 1. The minimum absolute atomic E-state index is 0.00781. The molecule has 3 heterocycles. The van der Waals surface area contributed by atoms with Crippen LogP contribution in [-0.4, -0.2) is 57.9 Å². The second-order valence-electron chi connectivity index (χ2n) is 7.05. The van der Waals surface area contributed by atoms with E-state index >= 15 is 0 Å². The number of fused-ring (bicyclic) bond motifs is 1. The first-order valence-corrected chi connectivity index (χ1v) is 8.85. The highest BCUT2D eigenvalue weighted by atomic mass is 32.1. The predicted molar refractivity (Wildman–Crippen MR) is 87.3 cm³/mol. The zero-order chi connectivity index (χ0) is 16.8. The number of aromatic nitrogens is 1. The fourth-order valence-electron chi connectivity index (χ4n) is 3.69. The van der Waals surface area contributed by atoms with Crippen molar-refractivity contribution in [2.24, 2.45) is 11.3 Å². The van der Waals surface area contributed by atoms with Crippen molar-refractivity contribution in [1.82, 2.24) is 14.8 Å². The van der Waals surface area contributed by atoms with Crippen molar-refractivity contribution in [3.05, 3.63) is 16.1 Å². The number of carboxylic acid groups (broad SMARTS) is 1. The first-order valence-electron chi connectivity index (χ1n) is 7.97. The Bertz CT molecular complexity index is 630. The molecule has 7 heteroatoms. The van der Waals surface area contributed by atoms with Crippen LogP contribution in [-0.2, 0) is 16.1 Å². The molecule has 0 saturated carbocycles. The second kappa shape index (κ2) is 5.87. The van der Waals surface area contributed by atoms with Gasteiger partial charge >= 0.3 is 5.97 Å². The lowest BCUT2D eigenvalue weighted by Crippen LogP contribution is -2.41. The number of amides is 1. The van der Waals surface area contributed by atoms with E-state index in [1.54, 1.807) is 16.2 Å². The average Bonchev–Trinajstić information content (AvgIpc) is 3.10. The average molecular weight is 337 g/mol. The number of thiazole rings is 1. The third-order valence-corrected chi connectivity index (χ3v) is 5.92. The van der Waals surface area contributed by atoms with Crippen LogP contribution in [0, 0.1) is 11.3 Å². The van der Waals surface area contributed by atoms with Crippen molar-refractivity contribution in [2.45, 2.75) is 33.2 Å². The summed E-state index contributed by atoms with van der Waals surface area (Å²) >= 11 is 1.64. The fourth-order valence-corrected chi connectivity index (χ4v) is 4.68. The van der Waals surface area contributed by atoms with Gasteiger partial charge in [0.1, 0.15) is 10.4 Å². The molecule has 0 bridgehead atoms. The molecule has 2 saturated heterocycles. The van der Waals surface area contributed by atoms with Gasteiger partial charge in [-0.1, -0.05) is 13.8 Å². The number of aliphatic carboxylic acids is 1. The number of carbonyl (C=O) groups is 2. The second-order valence-corrected chi connectivity index (χ2v) is 7.99. The molecule has 1 aromatic rings. The maximum absolute atomic E-state index is 11.9. The molecule has 0 radical (unpaired) electrons. The molecule has 1 N–H and O–H groups in total. The SMILES string of the molecule is CC(=O)N1C[C@H]2CN(Cc3nc(C(C)C)cs3)C[C@@]2(C(=O)O)C1. The van der Waals surface area contributed by atoms with E-state index in [-0.39, 0.29) is 11.8 Å². The topological polar surface area (TPSA) is 73.7 Å². The summed E-state index contributed by atoms with van der Waals surface area (Å²) in [4.78, 5) is 32.0. The number of hydrogen-bond donors (Lipinski definition) is 1. The maximum Gasteiger partial charge on any atom is 0.313 e. The quantitative estimate of drug-likeness (QED) is 0.904. The number of rotatable bonds is 4. The smallest absolute Gasteiger partial charge is 0.313 e. The fraction of sp³-hybridized carbons (Fsp3) is 0.688. The monoisotopic (exact) mass is 337 g/mol. The molecule has 3 rings (SSSR count). The first-order chi connectivity index (χ1) is 10.8. The van der Waals surface area contributed by atoms with Crippen molar-refractivity contribution in [2.75, 3.05) is 26.2 Å². The van der Waals surface area contributed by atoms with Crippen LogP contribution in [0.5, 0.6) is 0 Å². The van der Waals surface area contributed by atoms with Gasteiger partial charge in [-0.05, 0) is 5.92 Å². The van der Waals surface area contributed by atoms with Crippen molar-refractivity contribution in [3.63, 3.8) is 0 Å². The van der Waals surface area contributed by atoms with E-state index in [0.717, 1.165) is 10.7 Å². The molecule has 126 valence electrons. The highest BCUT2D eigenvalue weighted by Crippen LogP contribution is 2.43. The Hall–Kier alpha value is -1.47. The Balaban J connectivity index is 1.71. The minimum atomic E-state index is -0.816. The molecular weight excluding hydrogens is 314 g/mol. The van der Waals surface area contributed by atoms with Gasteiger partial charge in [0, 0.05) is 44.4 Å². The Labute approximate surface area is 140 Å². The summed E-state index contributed by atoms with van der Waals surface area (Å²) in [6.07, 6.45) is 0. The van der Waals surface area contributed by atoms with Crippen LogP contribution in [0.3, 0.4) is 0 Å². The lowest BCUT2D eigenvalue weighted by molar-refractivity contribution is -0.149. The molecule has 0 aromatic carbocycles. The Kier molecular flexibility index (Phi) is 4.18. The molecule has 2 aliphatic heterocycles. The molecule has 0 spiro atoms. The Morgan fingerprint density at radius 2 is 2.17 bits per heavy atom. The number of likely N-dealkylation sites (tertiary alicyclic amines) is 2. The zero-order valence-electron chi connectivity index (χ0n) is 13.8. The molecule has 0 aliphatic carbocycles. The van der Waals surface area contributed by atoms with Crippen molar-refractivity contribution in [3.8, 4) is 0 Å². The third kappa shape index (κ3) is 2.87. The Morgan fingerprint density at radius 3 is 2.70 bits per heavy atom. The van der Waals surface area contributed by atoms with Gasteiger partial charge in [0.25, 0.3) is 0 Å². The van der Waals surface area contributed by atoms with Crippen molar-refractivity contribution >= 4 is 23.2 Å². The Morgan fingerprint density at radius 1 is 1.43 bits per heavy atom. The summed E-state index contributed by atoms with van der Waals surface area (Å²) in [7, 11) is 0. The lowest BCUT2D eigenvalue weighted by Gasteiger charge is -2.24. The van der Waals surface area contributed by atoms with Gasteiger partial charge in [-0.25, -0.2) is 4.98 Å². The van der Waals surface area contributed by atoms with E-state index < -0.39 is 11.4 Å². The summed E-state index contributed by atoms with van der Waals surface area (Å²) < 4.78 is 0.